The number of halogens is 3. The maximum Gasteiger partial charge on any atom is 0.419 e. The standard InChI is InChI=1S/C19H17F3N4O2/c1-10-23-8-15(19(20,21)22)17(25-10)14-7-24-16-6-11(2-3-13(14)16)18(28)26-5-4-12(27)9-26/h2-3,6-8,12,24,27H,4-5,9H2,1H3/t12-/m0/s1. The minimum absolute atomic E-state index is 0.201. The Morgan fingerprint density at radius 2 is 2.14 bits per heavy atom. The first kappa shape index (κ1) is 18.4. The fraction of sp³-hybridized carbons (Fsp3) is 0.316. The van der Waals surface area contributed by atoms with E-state index in [4.69, 9.17) is 0 Å². The van der Waals surface area contributed by atoms with E-state index >= 15 is 0 Å². The number of β-amino-alcohol motifs (C(OH)–C–C–N with tert-alkyl or cyclic N) is 1. The Hall–Kier alpha value is -2.94. The van der Waals surface area contributed by atoms with E-state index in [1.165, 1.54) is 13.1 Å². The summed E-state index contributed by atoms with van der Waals surface area (Å²) in [5.74, 6) is 0.0141. The zero-order valence-electron chi connectivity index (χ0n) is 14.9. The molecule has 1 aromatic carbocycles. The second-order valence-electron chi connectivity index (χ2n) is 6.83. The van der Waals surface area contributed by atoms with Gasteiger partial charge in [-0.05, 0) is 25.5 Å². The van der Waals surface area contributed by atoms with Crippen LogP contribution in [0.25, 0.3) is 22.2 Å². The van der Waals surface area contributed by atoms with E-state index in [1.54, 1.807) is 23.1 Å². The van der Waals surface area contributed by atoms with Gasteiger partial charge in [0, 0.05) is 47.5 Å². The summed E-state index contributed by atoms with van der Waals surface area (Å²) >= 11 is 0. The smallest absolute Gasteiger partial charge is 0.391 e. The average Bonchev–Trinajstić information content (AvgIpc) is 3.25. The van der Waals surface area contributed by atoms with Gasteiger partial charge in [0.15, 0.2) is 0 Å². The molecule has 6 nitrogen and oxygen atoms in total. The molecule has 1 aliphatic rings. The van der Waals surface area contributed by atoms with Gasteiger partial charge in [0.05, 0.1) is 11.8 Å². The van der Waals surface area contributed by atoms with Crippen LogP contribution in [0.4, 0.5) is 13.2 Å². The van der Waals surface area contributed by atoms with Crippen molar-refractivity contribution >= 4 is 16.8 Å². The zero-order valence-corrected chi connectivity index (χ0v) is 14.9. The molecule has 28 heavy (non-hydrogen) atoms. The molecule has 1 aliphatic heterocycles. The number of amides is 1. The van der Waals surface area contributed by atoms with Gasteiger partial charge in [-0.15, -0.1) is 0 Å². The van der Waals surface area contributed by atoms with E-state index in [2.05, 4.69) is 15.0 Å². The first-order valence-corrected chi connectivity index (χ1v) is 8.73. The third-order valence-electron chi connectivity index (χ3n) is 4.85. The monoisotopic (exact) mass is 390 g/mol. The van der Waals surface area contributed by atoms with Crippen molar-refractivity contribution in [3.63, 3.8) is 0 Å². The number of H-pyrrole nitrogens is 1. The van der Waals surface area contributed by atoms with Crippen LogP contribution in [-0.2, 0) is 6.18 Å². The fourth-order valence-corrected chi connectivity index (χ4v) is 3.45. The van der Waals surface area contributed by atoms with Gasteiger partial charge in [-0.25, -0.2) is 9.97 Å². The molecule has 0 unspecified atom stereocenters. The number of likely N-dealkylation sites (tertiary alicyclic amines) is 1. The third-order valence-corrected chi connectivity index (χ3v) is 4.85. The van der Waals surface area contributed by atoms with Crippen LogP contribution in [0.15, 0.2) is 30.6 Å². The molecule has 0 radical (unpaired) electrons. The summed E-state index contributed by atoms with van der Waals surface area (Å²) in [7, 11) is 0. The SMILES string of the molecule is Cc1ncc(C(F)(F)F)c(-c2c[nH]c3cc(C(=O)N4CC[C@H](O)C4)ccc23)n1. The highest BCUT2D eigenvalue weighted by atomic mass is 19.4. The molecule has 1 amide bonds. The lowest BCUT2D eigenvalue weighted by Crippen LogP contribution is -2.29. The molecule has 4 rings (SSSR count). The molecule has 1 atom stereocenters. The van der Waals surface area contributed by atoms with Crippen molar-refractivity contribution in [3.05, 3.63) is 47.5 Å². The van der Waals surface area contributed by atoms with Gasteiger partial charge < -0.3 is 15.0 Å². The Morgan fingerprint density at radius 3 is 2.82 bits per heavy atom. The summed E-state index contributed by atoms with van der Waals surface area (Å²) in [6, 6.07) is 4.79. The van der Waals surface area contributed by atoms with Crippen LogP contribution in [0.1, 0.15) is 28.2 Å². The van der Waals surface area contributed by atoms with Gasteiger partial charge in [-0.2, -0.15) is 13.2 Å². The number of aromatic amines is 1. The molecule has 0 bridgehead atoms. The van der Waals surface area contributed by atoms with Crippen LogP contribution in [-0.4, -0.2) is 50.1 Å². The Morgan fingerprint density at radius 1 is 1.36 bits per heavy atom. The van der Waals surface area contributed by atoms with Crippen LogP contribution in [0.2, 0.25) is 0 Å². The molecule has 2 aromatic heterocycles. The summed E-state index contributed by atoms with van der Waals surface area (Å²) in [5.41, 5.74) is 0.122. The van der Waals surface area contributed by atoms with Gasteiger partial charge in [0.25, 0.3) is 5.91 Å². The molecule has 146 valence electrons. The van der Waals surface area contributed by atoms with Crippen molar-refractivity contribution in [2.45, 2.75) is 25.6 Å². The quantitative estimate of drug-likeness (QED) is 0.704. The zero-order chi connectivity index (χ0) is 20.1. The van der Waals surface area contributed by atoms with E-state index in [1.807, 2.05) is 0 Å². The summed E-state index contributed by atoms with van der Waals surface area (Å²) < 4.78 is 40.2. The van der Waals surface area contributed by atoms with Gasteiger partial charge in [0.2, 0.25) is 0 Å². The number of aromatic nitrogens is 3. The number of hydrogen-bond donors (Lipinski definition) is 2. The number of carbonyl (C=O) groups is 1. The van der Waals surface area contributed by atoms with E-state index in [-0.39, 0.29) is 24.0 Å². The summed E-state index contributed by atoms with van der Waals surface area (Å²) in [6.45, 7) is 2.28. The van der Waals surface area contributed by atoms with Gasteiger partial charge in [-0.1, -0.05) is 6.07 Å². The number of aryl methyl sites for hydroxylation is 1. The molecular formula is C19H17F3N4O2. The molecule has 1 fully saturated rings. The number of aliphatic hydroxyl groups excluding tert-OH is 1. The topological polar surface area (TPSA) is 82.1 Å². The predicted octanol–water partition coefficient (Wildman–Crippen LogP) is 3.16. The molecule has 1 saturated heterocycles. The summed E-state index contributed by atoms with van der Waals surface area (Å²) in [4.78, 5) is 24.7. The summed E-state index contributed by atoms with van der Waals surface area (Å²) in [5, 5.41) is 10.1. The molecular weight excluding hydrogens is 373 g/mol. The van der Waals surface area contributed by atoms with Crippen molar-refractivity contribution in [2.75, 3.05) is 13.1 Å². The van der Waals surface area contributed by atoms with Crippen molar-refractivity contribution in [1.82, 2.24) is 19.9 Å². The average molecular weight is 390 g/mol. The molecule has 0 spiro atoms. The Bertz CT molecular complexity index is 1060. The highest BCUT2D eigenvalue weighted by molar-refractivity contribution is 6.02. The molecule has 2 N–H and O–H groups in total. The van der Waals surface area contributed by atoms with Crippen LogP contribution in [0.5, 0.6) is 0 Å². The largest absolute Gasteiger partial charge is 0.419 e. The highest BCUT2D eigenvalue weighted by Gasteiger charge is 2.36. The highest BCUT2D eigenvalue weighted by Crippen LogP contribution is 2.38. The van der Waals surface area contributed by atoms with Crippen molar-refractivity contribution in [2.24, 2.45) is 0 Å². The van der Waals surface area contributed by atoms with E-state index in [9.17, 15) is 23.1 Å². The van der Waals surface area contributed by atoms with Crippen molar-refractivity contribution in [3.8, 4) is 11.3 Å². The summed E-state index contributed by atoms with van der Waals surface area (Å²) in [6.07, 6.45) is -2.33. The van der Waals surface area contributed by atoms with Crippen molar-refractivity contribution in [1.29, 1.82) is 0 Å². The third kappa shape index (κ3) is 3.22. The van der Waals surface area contributed by atoms with Gasteiger partial charge in [-0.3, -0.25) is 4.79 Å². The predicted molar refractivity (Wildman–Crippen MR) is 95.6 cm³/mol. The maximum atomic E-state index is 13.4. The van der Waals surface area contributed by atoms with Crippen molar-refractivity contribution < 1.29 is 23.1 Å². The number of benzene rings is 1. The number of fused-ring (bicyclic) bond motifs is 1. The number of nitrogens with one attached hydrogen (secondary N) is 1. The van der Waals surface area contributed by atoms with Gasteiger partial charge in [0.1, 0.15) is 11.4 Å². The van der Waals surface area contributed by atoms with Crippen LogP contribution in [0, 0.1) is 6.92 Å². The first-order valence-electron chi connectivity index (χ1n) is 8.73. The Kier molecular flexibility index (Phi) is 4.34. The lowest BCUT2D eigenvalue weighted by atomic mass is 10.0. The minimum atomic E-state index is -4.58. The van der Waals surface area contributed by atoms with E-state index in [0.717, 1.165) is 6.20 Å². The number of hydrogen-bond acceptors (Lipinski definition) is 4. The Balaban J connectivity index is 1.76. The second kappa shape index (κ2) is 6.59. The lowest BCUT2D eigenvalue weighted by molar-refractivity contribution is -0.137. The lowest BCUT2D eigenvalue weighted by Gasteiger charge is -2.15. The number of aliphatic hydroxyl groups is 1. The van der Waals surface area contributed by atoms with Crippen LogP contribution < -0.4 is 0 Å². The number of rotatable bonds is 2. The maximum absolute atomic E-state index is 13.4. The molecule has 0 saturated carbocycles. The van der Waals surface area contributed by atoms with E-state index in [0.29, 0.717) is 35.0 Å². The van der Waals surface area contributed by atoms with Crippen LogP contribution >= 0.6 is 0 Å². The minimum Gasteiger partial charge on any atom is -0.391 e. The molecule has 9 heteroatoms. The number of carbonyl (C=O) groups excluding carboxylic acids is 1. The second-order valence-corrected chi connectivity index (χ2v) is 6.83. The first-order chi connectivity index (χ1) is 13.2. The molecule has 0 aliphatic carbocycles. The fourth-order valence-electron chi connectivity index (χ4n) is 3.45. The number of alkyl halides is 3. The number of nitrogens with zero attached hydrogens (tertiary/aromatic N) is 3. The molecule has 3 heterocycles. The van der Waals surface area contributed by atoms with Gasteiger partial charge >= 0.3 is 6.18 Å². The molecule has 3 aromatic rings. The normalized spacial score (nSPS) is 17.5. The Labute approximate surface area is 158 Å². The van der Waals surface area contributed by atoms with E-state index < -0.39 is 17.8 Å². The van der Waals surface area contributed by atoms with Crippen LogP contribution in [0.3, 0.4) is 0 Å².